The molecule has 1 aromatic carbocycles. The first-order valence-electron chi connectivity index (χ1n) is 5.10. The van der Waals surface area contributed by atoms with E-state index in [1.54, 1.807) is 12.1 Å². The second kappa shape index (κ2) is 4.71. The molecule has 3 heteroatoms. The third kappa shape index (κ3) is 2.99. The van der Waals surface area contributed by atoms with Crippen molar-refractivity contribution in [2.45, 2.75) is 25.7 Å². The highest BCUT2D eigenvalue weighted by molar-refractivity contribution is 5.28. The van der Waals surface area contributed by atoms with Crippen molar-refractivity contribution in [1.82, 2.24) is 5.32 Å². The highest BCUT2D eigenvalue weighted by Gasteiger charge is 2.30. The van der Waals surface area contributed by atoms with Gasteiger partial charge in [0.15, 0.2) is 0 Å². The third-order valence-corrected chi connectivity index (χ3v) is 2.37. The van der Waals surface area contributed by atoms with Crippen molar-refractivity contribution in [2.75, 3.05) is 13.6 Å². The van der Waals surface area contributed by atoms with E-state index in [4.69, 9.17) is 0 Å². The normalized spacial score (nSPS) is 12.1. The summed E-state index contributed by atoms with van der Waals surface area (Å²) >= 11 is 0. The van der Waals surface area contributed by atoms with E-state index in [0.29, 0.717) is 0 Å². The molecule has 0 heterocycles. The molecule has 0 atom stereocenters. The van der Waals surface area contributed by atoms with Crippen molar-refractivity contribution < 1.29 is 8.78 Å². The molecular formula is C12H17F2N. The summed E-state index contributed by atoms with van der Waals surface area (Å²) in [5.74, 6) is -2.52. The molecule has 0 bridgehead atoms. The number of halogens is 2. The lowest BCUT2D eigenvalue weighted by Gasteiger charge is -2.17. The van der Waals surface area contributed by atoms with Gasteiger partial charge in [0.05, 0.1) is 6.54 Å². The maximum Gasteiger partial charge on any atom is 0.285 e. The van der Waals surface area contributed by atoms with Crippen LogP contribution in [-0.2, 0) is 5.92 Å². The summed E-state index contributed by atoms with van der Waals surface area (Å²) in [7, 11) is 1.53. The Balaban J connectivity index is 2.99. The Kier molecular flexibility index (Phi) is 3.80. The van der Waals surface area contributed by atoms with Crippen LogP contribution in [0.1, 0.15) is 30.9 Å². The molecule has 0 aromatic heterocycles. The van der Waals surface area contributed by atoms with Crippen molar-refractivity contribution in [3.63, 3.8) is 0 Å². The molecule has 0 aliphatic heterocycles. The van der Waals surface area contributed by atoms with Gasteiger partial charge in [-0.15, -0.1) is 0 Å². The van der Waals surface area contributed by atoms with Gasteiger partial charge in [-0.2, -0.15) is 8.78 Å². The minimum atomic E-state index is -2.79. The third-order valence-electron chi connectivity index (χ3n) is 2.37. The van der Waals surface area contributed by atoms with Gasteiger partial charge in [-0.25, -0.2) is 0 Å². The molecule has 0 aliphatic carbocycles. The minimum absolute atomic E-state index is 0.0862. The zero-order valence-electron chi connectivity index (χ0n) is 9.35. The fourth-order valence-electron chi connectivity index (χ4n) is 1.45. The van der Waals surface area contributed by atoms with Crippen LogP contribution in [-0.4, -0.2) is 13.6 Å². The Labute approximate surface area is 89.5 Å². The molecule has 0 unspecified atom stereocenters. The second-order valence-electron chi connectivity index (χ2n) is 4.01. The lowest BCUT2D eigenvalue weighted by molar-refractivity contribution is -0.00133. The van der Waals surface area contributed by atoms with Crippen LogP contribution in [0.5, 0.6) is 0 Å². The number of likely N-dealkylation sites (N-methyl/N-ethyl adjacent to an activating group) is 1. The van der Waals surface area contributed by atoms with Crippen LogP contribution >= 0.6 is 0 Å². The first-order chi connectivity index (χ1) is 6.97. The summed E-state index contributed by atoms with van der Waals surface area (Å²) in [5.41, 5.74) is 1.03. The monoisotopic (exact) mass is 213 g/mol. The molecule has 1 N–H and O–H groups in total. The van der Waals surface area contributed by atoms with Gasteiger partial charge in [-0.3, -0.25) is 0 Å². The van der Waals surface area contributed by atoms with E-state index >= 15 is 0 Å². The van der Waals surface area contributed by atoms with Crippen LogP contribution in [0.2, 0.25) is 0 Å². The van der Waals surface area contributed by atoms with E-state index in [9.17, 15) is 8.78 Å². The predicted molar refractivity (Wildman–Crippen MR) is 58.4 cm³/mol. The van der Waals surface area contributed by atoms with Gasteiger partial charge in [0, 0.05) is 5.56 Å². The molecule has 0 aliphatic rings. The van der Waals surface area contributed by atoms with Gasteiger partial charge in [-0.1, -0.05) is 32.0 Å². The van der Waals surface area contributed by atoms with Crippen molar-refractivity contribution in [3.05, 3.63) is 35.4 Å². The molecule has 15 heavy (non-hydrogen) atoms. The summed E-state index contributed by atoms with van der Waals surface area (Å²) in [6.07, 6.45) is 0. The fourth-order valence-corrected chi connectivity index (χ4v) is 1.45. The second-order valence-corrected chi connectivity index (χ2v) is 4.01. The molecule has 0 amide bonds. The molecule has 0 saturated heterocycles. The van der Waals surface area contributed by atoms with Crippen LogP contribution in [0.25, 0.3) is 0 Å². The van der Waals surface area contributed by atoms with Crippen molar-refractivity contribution in [3.8, 4) is 0 Å². The van der Waals surface area contributed by atoms with E-state index < -0.39 is 5.92 Å². The Morgan fingerprint density at radius 3 is 2.53 bits per heavy atom. The highest BCUT2D eigenvalue weighted by Crippen LogP contribution is 2.29. The Bertz CT molecular complexity index is 321. The lowest BCUT2D eigenvalue weighted by Crippen LogP contribution is -2.28. The van der Waals surface area contributed by atoms with E-state index in [2.05, 4.69) is 5.32 Å². The highest BCUT2D eigenvalue weighted by atomic mass is 19.3. The maximum atomic E-state index is 13.5. The quantitative estimate of drug-likeness (QED) is 0.810. The Morgan fingerprint density at radius 1 is 1.33 bits per heavy atom. The first-order valence-corrected chi connectivity index (χ1v) is 5.10. The van der Waals surface area contributed by atoms with Gasteiger partial charge >= 0.3 is 0 Å². The number of hydrogen-bond acceptors (Lipinski definition) is 1. The Morgan fingerprint density at radius 2 is 2.00 bits per heavy atom. The summed E-state index contributed by atoms with van der Waals surface area (Å²) in [6.45, 7) is 3.67. The van der Waals surface area contributed by atoms with Crippen molar-refractivity contribution in [1.29, 1.82) is 0 Å². The first kappa shape index (κ1) is 12.1. The maximum absolute atomic E-state index is 13.5. The number of rotatable bonds is 4. The Hall–Kier alpha value is -0.960. The average molecular weight is 213 g/mol. The predicted octanol–water partition coefficient (Wildman–Crippen LogP) is 3.12. The zero-order chi connectivity index (χ0) is 11.5. The molecule has 1 rings (SSSR count). The standard InChI is InChI=1S/C12H17F2N/c1-9(2)10-5-4-6-11(7-10)12(13,14)8-15-3/h4-7,9,15H,8H2,1-3H3. The van der Waals surface area contributed by atoms with Gasteiger partial charge in [0.25, 0.3) is 5.92 Å². The largest absolute Gasteiger partial charge is 0.314 e. The van der Waals surface area contributed by atoms with Crippen LogP contribution < -0.4 is 5.32 Å². The zero-order valence-corrected chi connectivity index (χ0v) is 9.35. The number of nitrogens with one attached hydrogen (secondary N) is 1. The number of alkyl halides is 2. The molecule has 0 radical (unpaired) electrons. The summed E-state index contributed by atoms with van der Waals surface area (Å²) in [5, 5.41) is 2.51. The van der Waals surface area contributed by atoms with Gasteiger partial charge in [0.2, 0.25) is 0 Å². The van der Waals surface area contributed by atoms with E-state index in [0.717, 1.165) is 5.56 Å². The molecule has 0 saturated carbocycles. The fraction of sp³-hybridized carbons (Fsp3) is 0.500. The number of benzene rings is 1. The summed E-state index contributed by atoms with van der Waals surface area (Å²) < 4.78 is 27.1. The van der Waals surface area contributed by atoms with Gasteiger partial charge in [0.1, 0.15) is 0 Å². The van der Waals surface area contributed by atoms with E-state index in [1.807, 2.05) is 19.9 Å². The van der Waals surface area contributed by atoms with Gasteiger partial charge in [-0.05, 0) is 24.6 Å². The smallest absolute Gasteiger partial charge is 0.285 e. The average Bonchev–Trinajstić information content (AvgIpc) is 2.18. The van der Waals surface area contributed by atoms with Gasteiger partial charge < -0.3 is 5.32 Å². The van der Waals surface area contributed by atoms with Crippen molar-refractivity contribution >= 4 is 0 Å². The molecule has 1 nitrogen and oxygen atoms in total. The molecule has 84 valence electrons. The molecule has 0 spiro atoms. The number of hydrogen-bond donors (Lipinski definition) is 1. The molecular weight excluding hydrogens is 196 g/mol. The lowest BCUT2D eigenvalue weighted by atomic mass is 9.98. The van der Waals surface area contributed by atoms with Crippen LogP contribution in [0.3, 0.4) is 0 Å². The summed E-state index contributed by atoms with van der Waals surface area (Å²) in [4.78, 5) is 0. The van der Waals surface area contributed by atoms with Crippen molar-refractivity contribution in [2.24, 2.45) is 0 Å². The minimum Gasteiger partial charge on any atom is -0.314 e. The SMILES string of the molecule is CNCC(F)(F)c1cccc(C(C)C)c1. The van der Waals surface area contributed by atoms with Crippen LogP contribution in [0.4, 0.5) is 8.78 Å². The summed E-state index contributed by atoms with van der Waals surface area (Å²) in [6, 6.07) is 6.63. The van der Waals surface area contributed by atoms with E-state index in [-0.39, 0.29) is 18.0 Å². The molecule has 0 fully saturated rings. The van der Waals surface area contributed by atoms with Crippen LogP contribution in [0.15, 0.2) is 24.3 Å². The van der Waals surface area contributed by atoms with E-state index in [1.165, 1.54) is 13.1 Å². The topological polar surface area (TPSA) is 12.0 Å². The van der Waals surface area contributed by atoms with Crippen LogP contribution in [0, 0.1) is 0 Å². The molecule has 1 aromatic rings.